The number of aromatic nitrogens is 1. The lowest BCUT2D eigenvalue weighted by molar-refractivity contribution is -0.140. The number of nitrogens with zero attached hydrogens (tertiary/aromatic N) is 2. The molecule has 134 valence electrons. The first-order valence-electron chi connectivity index (χ1n) is 8.00. The summed E-state index contributed by atoms with van der Waals surface area (Å²) in [6, 6.07) is 6.07. The monoisotopic (exact) mass is 345 g/mol. The van der Waals surface area contributed by atoms with Crippen LogP contribution in [0.4, 0.5) is 4.79 Å². The van der Waals surface area contributed by atoms with Crippen molar-refractivity contribution in [1.82, 2.24) is 15.2 Å². The number of hydrogen-bond acceptors (Lipinski definition) is 4. The summed E-state index contributed by atoms with van der Waals surface area (Å²) in [6.07, 6.45) is 1.69. The van der Waals surface area contributed by atoms with E-state index in [1.165, 1.54) is 4.90 Å². The molecule has 0 saturated carbocycles. The molecule has 0 unspecified atom stereocenters. The van der Waals surface area contributed by atoms with Crippen molar-refractivity contribution in [2.45, 2.75) is 26.4 Å². The Bertz CT molecular complexity index is 776. The molecule has 0 aliphatic rings. The fraction of sp³-hybridized carbons (Fsp3) is 0.389. The quantitative estimate of drug-likeness (QED) is 0.839. The fourth-order valence-electron chi connectivity index (χ4n) is 2.59. The number of carboxylic acids is 1. The van der Waals surface area contributed by atoms with Gasteiger partial charge in [0.1, 0.15) is 17.3 Å². The van der Waals surface area contributed by atoms with Crippen molar-refractivity contribution in [2.24, 2.45) is 5.92 Å². The van der Waals surface area contributed by atoms with E-state index < -0.39 is 18.0 Å². The second kappa shape index (κ2) is 7.83. The maximum atomic E-state index is 12.3. The second-order valence-corrected chi connectivity index (χ2v) is 6.19. The lowest BCUT2D eigenvalue weighted by atomic mass is 10.1. The van der Waals surface area contributed by atoms with Crippen LogP contribution >= 0.6 is 0 Å². The molecule has 2 amide bonds. The summed E-state index contributed by atoms with van der Waals surface area (Å²) in [4.78, 5) is 29.4. The molecule has 0 fully saturated rings. The Hall–Kier alpha value is -2.83. The van der Waals surface area contributed by atoms with Gasteiger partial charge in [-0.15, -0.1) is 0 Å². The van der Waals surface area contributed by atoms with Gasteiger partial charge in [-0.3, -0.25) is 4.98 Å². The van der Waals surface area contributed by atoms with E-state index in [0.29, 0.717) is 12.3 Å². The molecule has 2 aromatic rings. The molecule has 0 radical (unpaired) electrons. The maximum Gasteiger partial charge on any atom is 0.326 e. The molecule has 1 heterocycles. The zero-order valence-corrected chi connectivity index (χ0v) is 14.8. The summed E-state index contributed by atoms with van der Waals surface area (Å²) >= 11 is 0. The molecule has 1 atom stereocenters. The van der Waals surface area contributed by atoms with Crippen LogP contribution in [0.2, 0.25) is 0 Å². The highest BCUT2D eigenvalue weighted by atomic mass is 16.5. The van der Waals surface area contributed by atoms with E-state index in [1.807, 2.05) is 24.3 Å². The average Bonchev–Trinajstić information content (AvgIpc) is 2.59. The van der Waals surface area contributed by atoms with Crippen LogP contribution in [0, 0.1) is 5.92 Å². The Morgan fingerprint density at radius 3 is 2.64 bits per heavy atom. The SMILES string of the molecule is COc1ccc(CN(C)C(=O)N[C@H](C(=O)O)C(C)C)c2cccnc12. The van der Waals surface area contributed by atoms with Crippen molar-refractivity contribution in [1.29, 1.82) is 0 Å². The number of nitrogens with one attached hydrogen (secondary N) is 1. The number of methoxy groups -OCH3 is 1. The second-order valence-electron chi connectivity index (χ2n) is 6.19. The van der Waals surface area contributed by atoms with Gasteiger partial charge in [0.05, 0.1) is 7.11 Å². The summed E-state index contributed by atoms with van der Waals surface area (Å²) in [7, 11) is 3.21. The van der Waals surface area contributed by atoms with Gasteiger partial charge in [0.25, 0.3) is 0 Å². The summed E-state index contributed by atoms with van der Waals surface area (Å²) in [5.41, 5.74) is 1.62. The Balaban J connectivity index is 2.20. The van der Waals surface area contributed by atoms with E-state index in [4.69, 9.17) is 4.74 Å². The number of rotatable bonds is 6. The summed E-state index contributed by atoms with van der Waals surface area (Å²) in [6.45, 7) is 3.83. The number of pyridine rings is 1. The maximum absolute atomic E-state index is 12.3. The average molecular weight is 345 g/mol. The molecule has 0 aliphatic carbocycles. The molecule has 2 N–H and O–H groups in total. The van der Waals surface area contributed by atoms with E-state index in [-0.39, 0.29) is 5.92 Å². The first kappa shape index (κ1) is 18.5. The molecule has 1 aromatic heterocycles. The van der Waals surface area contributed by atoms with Crippen LogP contribution in [0.3, 0.4) is 0 Å². The van der Waals surface area contributed by atoms with Gasteiger partial charge < -0.3 is 20.1 Å². The molecule has 7 nitrogen and oxygen atoms in total. The Labute approximate surface area is 146 Å². The first-order valence-corrected chi connectivity index (χ1v) is 8.00. The van der Waals surface area contributed by atoms with Crippen LogP contribution in [0.5, 0.6) is 5.75 Å². The Morgan fingerprint density at radius 1 is 1.32 bits per heavy atom. The summed E-state index contributed by atoms with van der Waals surface area (Å²) in [5.74, 6) is -0.589. The number of aliphatic carboxylic acids is 1. The van der Waals surface area contributed by atoms with Crippen LogP contribution in [-0.2, 0) is 11.3 Å². The molecule has 0 saturated heterocycles. The number of amides is 2. The van der Waals surface area contributed by atoms with Crippen LogP contribution in [0.1, 0.15) is 19.4 Å². The molecule has 2 rings (SSSR count). The van der Waals surface area contributed by atoms with E-state index in [9.17, 15) is 14.7 Å². The smallest absolute Gasteiger partial charge is 0.326 e. The molecule has 7 heteroatoms. The largest absolute Gasteiger partial charge is 0.494 e. The third kappa shape index (κ3) is 4.17. The molecular weight excluding hydrogens is 322 g/mol. The van der Waals surface area contributed by atoms with Crippen molar-refractivity contribution in [3.05, 3.63) is 36.0 Å². The van der Waals surface area contributed by atoms with Crippen molar-refractivity contribution in [2.75, 3.05) is 14.2 Å². The number of ether oxygens (including phenoxy) is 1. The van der Waals surface area contributed by atoms with Gasteiger partial charge in [-0.25, -0.2) is 9.59 Å². The first-order chi connectivity index (χ1) is 11.8. The standard InChI is InChI=1S/C18H23N3O4/c1-11(2)15(17(22)23)20-18(24)21(3)10-12-7-8-14(25-4)16-13(12)6-5-9-19-16/h5-9,11,15H,10H2,1-4H3,(H,20,24)(H,22,23)/t15-/m0/s1. The van der Waals surface area contributed by atoms with Gasteiger partial charge in [0.15, 0.2) is 0 Å². The van der Waals surface area contributed by atoms with Crippen LogP contribution in [0.15, 0.2) is 30.5 Å². The zero-order valence-electron chi connectivity index (χ0n) is 14.8. The number of carbonyl (C=O) groups excluding carboxylic acids is 1. The Kier molecular flexibility index (Phi) is 5.80. The van der Waals surface area contributed by atoms with Gasteiger partial charge in [0.2, 0.25) is 0 Å². The van der Waals surface area contributed by atoms with Crippen molar-refractivity contribution >= 4 is 22.9 Å². The third-order valence-electron chi connectivity index (χ3n) is 4.01. The molecule has 1 aromatic carbocycles. The van der Waals surface area contributed by atoms with Crippen molar-refractivity contribution < 1.29 is 19.4 Å². The molecular formula is C18H23N3O4. The lowest BCUT2D eigenvalue weighted by Crippen LogP contribution is -2.48. The zero-order chi connectivity index (χ0) is 18.6. The van der Waals surface area contributed by atoms with Gasteiger partial charge >= 0.3 is 12.0 Å². The number of urea groups is 1. The number of benzene rings is 1. The van der Waals surface area contributed by atoms with Crippen molar-refractivity contribution in [3.63, 3.8) is 0 Å². The molecule has 0 spiro atoms. The minimum Gasteiger partial charge on any atom is -0.494 e. The highest BCUT2D eigenvalue weighted by molar-refractivity contribution is 5.88. The van der Waals surface area contributed by atoms with Gasteiger partial charge in [-0.2, -0.15) is 0 Å². The normalized spacial score (nSPS) is 12.0. The highest BCUT2D eigenvalue weighted by Gasteiger charge is 2.25. The number of carboxylic acid groups (broad SMARTS) is 1. The number of fused-ring (bicyclic) bond motifs is 1. The minimum atomic E-state index is -1.05. The van der Waals surface area contributed by atoms with Gasteiger partial charge in [-0.05, 0) is 23.6 Å². The van der Waals surface area contributed by atoms with Gasteiger partial charge in [-0.1, -0.05) is 26.0 Å². The minimum absolute atomic E-state index is 0.208. The fourth-order valence-corrected chi connectivity index (χ4v) is 2.59. The predicted octanol–water partition coefficient (Wildman–Crippen LogP) is 2.49. The van der Waals surface area contributed by atoms with Gasteiger partial charge in [0, 0.05) is 25.2 Å². The van der Waals surface area contributed by atoms with Crippen molar-refractivity contribution in [3.8, 4) is 5.75 Å². The molecule has 0 bridgehead atoms. The predicted molar refractivity (Wildman–Crippen MR) is 94.6 cm³/mol. The van der Waals surface area contributed by atoms with Crippen LogP contribution < -0.4 is 10.1 Å². The lowest BCUT2D eigenvalue weighted by Gasteiger charge is -2.24. The highest BCUT2D eigenvalue weighted by Crippen LogP contribution is 2.27. The van der Waals surface area contributed by atoms with E-state index in [1.54, 1.807) is 34.2 Å². The molecule has 25 heavy (non-hydrogen) atoms. The summed E-state index contributed by atoms with van der Waals surface area (Å²) < 4.78 is 5.32. The van der Waals surface area contributed by atoms with Crippen LogP contribution in [-0.4, -0.2) is 47.2 Å². The van der Waals surface area contributed by atoms with E-state index in [0.717, 1.165) is 16.5 Å². The Morgan fingerprint density at radius 2 is 2.04 bits per heavy atom. The summed E-state index contributed by atoms with van der Waals surface area (Å²) in [5, 5.41) is 12.7. The van der Waals surface area contributed by atoms with E-state index >= 15 is 0 Å². The number of hydrogen-bond donors (Lipinski definition) is 2. The number of carbonyl (C=O) groups is 2. The van der Waals surface area contributed by atoms with Crippen LogP contribution in [0.25, 0.3) is 10.9 Å². The molecule has 0 aliphatic heterocycles. The topological polar surface area (TPSA) is 91.8 Å². The third-order valence-corrected chi connectivity index (χ3v) is 4.01. The van der Waals surface area contributed by atoms with E-state index in [2.05, 4.69) is 10.3 Å².